The highest BCUT2D eigenvalue weighted by Gasteiger charge is 2.10. The number of aryl methyl sites for hydroxylation is 1. The van der Waals surface area contributed by atoms with Gasteiger partial charge in [0, 0.05) is 6.07 Å². The number of aromatic nitrogens is 1. The van der Waals surface area contributed by atoms with Crippen LogP contribution in [-0.4, -0.2) is 23.2 Å². The molecule has 4 nitrogen and oxygen atoms in total. The van der Waals surface area contributed by atoms with Crippen molar-refractivity contribution < 1.29 is 14.6 Å². The maximum atomic E-state index is 10.5. The number of aromatic carboxylic acids is 1. The molecular weight excluding hydrogens is 146 g/mol. The Morgan fingerprint density at radius 2 is 2.36 bits per heavy atom. The van der Waals surface area contributed by atoms with Gasteiger partial charge in [0.25, 0.3) is 0 Å². The van der Waals surface area contributed by atoms with E-state index in [-0.39, 0.29) is 5.69 Å². The van der Waals surface area contributed by atoms with Crippen LogP contribution in [0.4, 0.5) is 0 Å². The van der Waals surface area contributed by atoms with E-state index in [4.69, 9.17) is 9.84 Å². The summed E-state index contributed by atoms with van der Waals surface area (Å²) >= 11 is 0. The number of rotatable bonds is 2. The van der Waals surface area contributed by atoms with E-state index in [0.717, 1.165) is 0 Å². The average Bonchev–Trinajstić information content (AvgIpc) is 2.30. The molecule has 60 valence electrons. The van der Waals surface area contributed by atoms with Gasteiger partial charge in [-0.2, -0.15) is 0 Å². The Hall–Kier alpha value is -1.45. The van der Waals surface area contributed by atoms with Crippen molar-refractivity contribution in [2.75, 3.05) is 7.11 Å². The van der Waals surface area contributed by atoms with Gasteiger partial charge in [-0.25, -0.2) is 4.79 Å². The SMILES string of the molecule is COc1cc(C)c(C(=O)O)[nH]1. The second kappa shape index (κ2) is 2.65. The van der Waals surface area contributed by atoms with Crippen molar-refractivity contribution in [3.8, 4) is 5.88 Å². The van der Waals surface area contributed by atoms with Crippen LogP contribution in [0.2, 0.25) is 0 Å². The highest BCUT2D eigenvalue weighted by Crippen LogP contribution is 2.14. The summed E-state index contributed by atoms with van der Waals surface area (Å²) in [5, 5.41) is 8.59. The molecule has 1 aromatic heterocycles. The van der Waals surface area contributed by atoms with Gasteiger partial charge in [0.1, 0.15) is 5.69 Å². The molecule has 0 radical (unpaired) electrons. The summed E-state index contributed by atoms with van der Waals surface area (Å²) in [6.45, 7) is 1.71. The van der Waals surface area contributed by atoms with Gasteiger partial charge in [0.15, 0.2) is 5.88 Å². The van der Waals surface area contributed by atoms with E-state index in [2.05, 4.69) is 4.98 Å². The minimum absolute atomic E-state index is 0.182. The van der Waals surface area contributed by atoms with Crippen molar-refractivity contribution >= 4 is 5.97 Å². The lowest BCUT2D eigenvalue weighted by atomic mass is 10.3. The largest absolute Gasteiger partial charge is 0.482 e. The molecule has 0 saturated heterocycles. The maximum absolute atomic E-state index is 10.5. The second-order valence-electron chi connectivity index (χ2n) is 2.20. The standard InChI is InChI=1S/C7H9NO3/c1-4-3-5(11-2)8-6(4)7(9)10/h3,8H,1-2H3,(H,9,10). The van der Waals surface area contributed by atoms with Crippen LogP contribution in [0.15, 0.2) is 6.07 Å². The number of aromatic amines is 1. The van der Waals surface area contributed by atoms with E-state index in [0.29, 0.717) is 11.4 Å². The molecule has 0 saturated carbocycles. The zero-order chi connectivity index (χ0) is 8.43. The zero-order valence-corrected chi connectivity index (χ0v) is 6.34. The van der Waals surface area contributed by atoms with Crippen LogP contribution in [0, 0.1) is 6.92 Å². The van der Waals surface area contributed by atoms with Gasteiger partial charge in [-0.1, -0.05) is 0 Å². The monoisotopic (exact) mass is 155 g/mol. The quantitative estimate of drug-likeness (QED) is 0.670. The van der Waals surface area contributed by atoms with Crippen LogP contribution in [0.1, 0.15) is 16.1 Å². The predicted octanol–water partition coefficient (Wildman–Crippen LogP) is 1.03. The molecule has 0 aliphatic heterocycles. The Kier molecular flexibility index (Phi) is 1.85. The highest BCUT2D eigenvalue weighted by atomic mass is 16.5. The Labute approximate surface area is 63.8 Å². The van der Waals surface area contributed by atoms with Gasteiger partial charge in [-0.15, -0.1) is 0 Å². The molecule has 0 aliphatic carbocycles. The fourth-order valence-corrected chi connectivity index (χ4v) is 0.859. The minimum atomic E-state index is -0.967. The lowest BCUT2D eigenvalue weighted by Crippen LogP contribution is -1.98. The number of H-pyrrole nitrogens is 1. The van der Waals surface area contributed by atoms with Gasteiger partial charge in [0.05, 0.1) is 7.11 Å². The van der Waals surface area contributed by atoms with Gasteiger partial charge in [-0.3, -0.25) is 0 Å². The summed E-state index contributed by atoms with van der Waals surface area (Å²) in [5.41, 5.74) is 0.858. The van der Waals surface area contributed by atoms with Crippen molar-refractivity contribution in [2.45, 2.75) is 6.92 Å². The smallest absolute Gasteiger partial charge is 0.352 e. The van der Waals surface area contributed by atoms with E-state index in [1.54, 1.807) is 13.0 Å². The number of carbonyl (C=O) groups is 1. The topological polar surface area (TPSA) is 62.3 Å². The summed E-state index contributed by atoms with van der Waals surface area (Å²) in [6.07, 6.45) is 0. The molecule has 0 spiro atoms. The van der Waals surface area contributed by atoms with Gasteiger partial charge >= 0.3 is 5.97 Å². The van der Waals surface area contributed by atoms with Crippen LogP contribution in [0.3, 0.4) is 0 Å². The number of ether oxygens (including phenoxy) is 1. The van der Waals surface area contributed by atoms with Crippen LogP contribution in [0.5, 0.6) is 5.88 Å². The Morgan fingerprint density at radius 1 is 1.73 bits per heavy atom. The molecule has 4 heteroatoms. The second-order valence-corrected chi connectivity index (χ2v) is 2.20. The van der Waals surface area contributed by atoms with Crippen molar-refractivity contribution in [2.24, 2.45) is 0 Å². The van der Waals surface area contributed by atoms with E-state index < -0.39 is 5.97 Å². The molecule has 0 aliphatic rings. The summed E-state index contributed by atoms with van der Waals surface area (Å²) in [6, 6.07) is 1.64. The number of methoxy groups -OCH3 is 1. The number of carboxylic acids is 1. The first-order valence-electron chi connectivity index (χ1n) is 3.12. The summed E-state index contributed by atoms with van der Waals surface area (Å²) in [5.74, 6) is -0.495. The van der Waals surface area contributed by atoms with E-state index in [1.807, 2.05) is 0 Å². The number of nitrogens with one attached hydrogen (secondary N) is 1. The lowest BCUT2D eigenvalue weighted by molar-refractivity contribution is 0.0690. The minimum Gasteiger partial charge on any atom is -0.482 e. The molecule has 1 rings (SSSR count). The third-order valence-electron chi connectivity index (χ3n) is 1.42. The Morgan fingerprint density at radius 3 is 2.64 bits per heavy atom. The Balaban J connectivity index is 3.07. The first kappa shape index (κ1) is 7.65. The van der Waals surface area contributed by atoms with Crippen molar-refractivity contribution in [3.05, 3.63) is 17.3 Å². The number of hydrogen-bond donors (Lipinski definition) is 2. The number of hydrogen-bond acceptors (Lipinski definition) is 2. The molecular formula is C7H9NO3. The summed E-state index contributed by atoms with van der Waals surface area (Å²) in [7, 11) is 1.48. The predicted molar refractivity (Wildman–Crippen MR) is 39.0 cm³/mol. The van der Waals surface area contributed by atoms with Gasteiger partial charge < -0.3 is 14.8 Å². The van der Waals surface area contributed by atoms with Crippen molar-refractivity contribution in [3.63, 3.8) is 0 Å². The molecule has 0 aromatic carbocycles. The normalized spacial score (nSPS) is 9.64. The van der Waals surface area contributed by atoms with E-state index >= 15 is 0 Å². The van der Waals surface area contributed by atoms with Crippen molar-refractivity contribution in [1.82, 2.24) is 4.98 Å². The fraction of sp³-hybridized carbons (Fsp3) is 0.286. The molecule has 0 unspecified atom stereocenters. The van der Waals surface area contributed by atoms with Crippen LogP contribution < -0.4 is 4.74 Å². The molecule has 2 N–H and O–H groups in total. The molecule has 1 aromatic rings. The third-order valence-corrected chi connectivity index (χ3v) is 1.42. The Bertz CT molecular complexity index is 277. The first-order valence-corrected chi connectivity index (χ1v) is 3.12. The van der Waals surface area contributed by atoms with Gasteiger partial charge in [-0.05, 0) is 12.5 Å². The molecule has 0 amide bonds. The molecule has 0 atom stereocenters. The lowest BCUT2D eigenvalue weighted by Gasteiger charge is -1.90. The zero-order valence-electron chi connectivity index (χ0n) is 6.34. The first-order chi connectivity index (χ1) is 5.15. The highest BCUT2D eigenvalue weighted by molar-refractivity contribution is 5.87. The van der Waals surface area contributed by atoms with Crippen LogP contribution in [0.25, 0.3) is 0 Å². The molecule has 11 heavy (non-hydrogen) atoms. The van der Waals surface area contributed by atoms with E-state index in [9.17, 15) is 4.79 Å². The molecule has 0 fully saturated rings. The van der Waals surface area contributed by atoms with E-state index in [1.165, 1.54) is 7.11 Å². The number of carboxylic acid groups (broad SMARTS) is 1. The van der Waals surface area contributed by atoms with Gasteiger partial charge in [0.2, 0.25) is 0 Å². The average molecular weight is 155 g/mol. The fourth-order valence-electron chi connectivity index (χ4n) is 0.859. The van der Waals surface area contributed by atoms with Crippen LogP contribution in [-0.2, 0) is 0 Å². The maximum Gasteiger partial charge on any atom is 0.352 e. The molecule has 1 heterocycles. The summed E-state index contributed by atoms with van der Waals surface area (Å²) in [4.78, 5) is 13.1. The molecule has 0 bridgehead atoms. The summed E-state index contributed by atoms with van der Waals surface area (Å²) < 4.78 is 4.81. The van der Waals surface area contributed by atoms with Crippen molar-refractivity contribution in [1.29, 1.82) is 0 Å². The van der Waals surface area contributed by atoms with Crippen LogP contribution >= 0.6 is 0 Å². The third kappa shape index (κ3) is 1.34.